The molecule has 0 aromatic carbocycles. The number of primary amides is 1. The molecule has 1 atom stereocenters. The normalized spacial score (nSPS) is 12.0. The van der Waals surface area contributed by atoms with Crippen LogP contribution in [0.1, 0.15) is 43.7 Å². The number of rotatable bonds is 8. The first-order chi connectivity index (χ1) is 16.4. The van der Waals surface area contributed by atoms with E-state index in [9.17, 15) is 27.6 Å². The van der Waals surface area contributed by atoms with Crippen molar-refractivity contribution >= 4 is 52.3 Å². The van der Waals surface area contributed by atoms with Gasteiger partial charge in [0, 0.05) is 12.3 Å². The van der Waals surface area contributed by atoms with Gasteiger partial charge in [-0.1, -0.05) is 11.6 Å². The van der Waals surface area contributed by atoms with Crippen molar-refractivity contribution in [1.82, 2.24) is 25.3 Å². The fourth-order valence-electron chi connectivity index (χ4n) is 2.58. The molecule has 0 aliphatic rings. The van der Waals surface area contributed by atoms with E-state index in [0.29, 0.717) is 11.1 Å². The number of amides is 3. The number of thiazole rings is 1. The van der Waals surface area contributed by atoms with E-state index in [1.54, 1.807) is 6.92 Å². The lowest BCUT2D eigenvalue weighted by atomic mass is 10.2. The molecule has 5 N–H and O–H groups in total. The largest absolute Gasteiger partial charge is 0.418 e. The van der Waals surface area contributed by atoms with Crippen molar-refractivity contribution in [2.75, 3.05) is 17.2 Å². The number of hydrogen-bond acceptors (Lipinski definition) is 9. The average Bonchev–Trinajstić information content (AvgIpc) is 3.29. The molecule has 35 heavy (non-hydrogen) atoms. The van der Waals surface area contributed by atoms with Crippen LogP contribution in [0.3, 0.4) is 0 Å². The molecule has 184 valence electrons. The second kappa shape index (κ2) is 10.6. The predicted molar refractivity (Wildman–Crippen MR) is 120 cm³/mol. The first kappa shape index (κ1) is 25.8. The minimum absolute atomic E-state index is 0.00243. The molecule has 0 aliphatic heterocycles. The Balaban J connectivity index is 1.65. The van der Waals surface area contributed by atoms with Crippen LogP contribution in [0.5, 0.6) is 0 Å². The second-order valence-corrected chi connectivity index (χ2v) is 8.34. The zero-order valence-electron chi connectivity index (χ0n) is 17.7. The lowest BCUT2D eigenvalue weighted by Crippen LogP contribution is -2.28. The summed E-state index contributed by atoms with van der Waals surface area (Å²) in [5, 5.41) is 7.31. The molecular weight excluding hydrogens is 513 g/mol. The summed E-state index contributed by atoms with van der Waals surface area (Å²) in [6.45, 7) is 1.43. The zero-order chi connectivity index (χ0) is 25.8. The first-order valence-corrected chi connectivity index (χ1v) is 10.8. The minimum Gasteiger partial charge on any atom is -0.368 e. The molecule has 11 nitrogen and oxygen atoms in total. The third kappa shape index (κ3) is 6.83. The number of alkyl halides is 3. The first-order valence-electron chi connectivity index (χ1n) is 9.59. The molecule has 3 aromatic heterocycles. The number of halogens is 4. The maximum Gasteiger partial charge on any atom is 0.418 e. The molecule has 3 rings (SSSR count). The van der Waals surface area contributed by atoms with Gasteiger partial charge in [-0.2, -0.15) is 13.2 Å². The van der Waals surface area contributed by atoms with Crippen LogP contribution in [0.2, 0.25) is 5.02 Å². The maximum atomic E-state index is 13.0. The van der Waals surface area contributed by atoms with E-state index in [-0.39, 0.29) is 28.8 Å². The number of carbonyl (C=O) groups is 3. The highest BCUT2D eigenvalue weighted by atomic mass is 35.5. The van der Waals surface area contributed by atoms with Gasteiger partial charge in [0.1, 0.15) is 33.5 Å². The lowest BCUT2D eigenvalue weighted by molar-refractivity contribution is -0.137. The molecule has 3 heterocycles. The topological polar surface area (TPSA) is 165 Å². The van der Waals surface area contributed by atoms with Gasteiger partial charge >= 0.3 is 6.18 Å². The van der Waals surface area contributed by atoms with E-state index >= 15 is 0 Å². The number of nitrogens with two attached hydrogens (primary N) is 1. The molecular formula is C19H16ClF3N8O3S. The average molecular weight is 529 g/mol. The summed E-state index contributed by atoms with van der Waals surface area (Å²) in [6, 6.07) is 1.30. The van der Waals surface area contributed by atoms with Gasteiger partial charge in [-0.05, 0) is 13.0 Å². The van der Waals surface area contributed by atoms with Crippen LogP contribution in [0, 0.1) is 0 Å². The highest BCUT2D eigenvalue weighted by molar-refractivity contribution is 7.13. The van der Waals surface area contributed by atoms with Gasteiger partial charge in [-0.15, -0.1) is 11.3 Å². The molecule has 3 aromatic rings. The number of anilines is 2. The summed E-state index contributed by atoms with van der Waals surface area (Å²) in [4.78, 5) is 51.4. The highest BCUT2D eigenvalue weighted by Gasteiger charge is 2.34. The summed E-state index contributed by atoms with van der Waals surface area (Å²) < 4.78 is 39.0. The number of carbonyl (C=O) groups excluding carboxylic acids is 3. The summed E-state index contributed by atoms with van der Waals surface area (Å²) in [5.74, 6) is -2.05. The fraction of sp³-hybridized carbons (Fsp3) is 0.211. The van der Waals surface area contributed by atoms with Crippen LogP contribution in [0.25, 0.3) is 0 Å². The Labute approximate surface area is 204 Å². The van der Waals surface area contributed by atoms with Gasteiger partial charge in [-0.3, -0.25) is 14.4 Å². The van der Waals surface area contributed by atoms with Crippen molar-refractivity contribution in [1.29, 1.82) is 0 Å². The molecule has 0 spiro atoms. The van der Waals surface area contributed by atoms with Crippen LogP contribution in [-0.2, 0) is 11.0 Å². The number of aromatic nitrogens is 4. The molecule has 0 radical (unpaired) electrons. The number of nitrogens with zero attached hydrogens (tertiary/aromatic N) is 4. The molecule has 3 amide bonds. The van der Waals surface area contributed by atoms with Crippen molar-refractivity contribution in [3.05, 3.63) is 57.0 Å². The molecule has 0 bridgehead atoms. The van der Waals surface area contributed by atoms with E-state index < -0.39 is 40.5 Å². The monoisotopic (exact) mass is 528 g/mol. The SMILES string of the molecule is C[C@@H](NC(=O)c1cc(NCC(N)=O)ncn1)c1ncc(C(=O)Nc2cc(C(F)(F)F)c(Cl)cn2)s1. The van der Waals surface area contributed by atoms with E-state index in [0.717, 1.165) is 23.9 Å². The van der Waals surface area contributed by atoms with Gasteiger partial charge in [0.05, 0.1) is 29.4 Å². The van der Waals surface area contributed by atoms with Crippen LogP contribution < -0.4 is 21.7 Å². The highest BCUT2D eigenvalue weighted by Crippen LogP contribution is 2.35. The summed E-state index contributed by atoms with van der Waals surface area (Å²) in [5.41, 5.74) is 3.92. The number of pyridine rings is 1. The second-order valence-electron chi connectivity index (χ2n) is 6.87. The quantitative estimate of drug-likeness (QED) is 0.346. The maximum absolute atomic E-state index is 13.0. The molecule has 0 unspecified atom stereocenters. The third-order valence-corrected chi connectivity index (χ3v) is 5.69. The van der Waals surface area contributed by atoms with Crippen LogP contribution in [0.4, 0.5) is 24.8 Å². The number of nitrogens with one attached hydrogen (secondary N) is 3. The Kier molecular flexibility index (Phi) is 7.81. The zero-order valence-corrected chi connectivity index (χ0v) is 19.3. The third-order valence-electron chi connectivity index (χ3n) is 4.21. The van der Waals surface area contributed by atoms with Gasteiger partial charge in [0.2, 0.25) is 5.91 Å². The molecule has 0 saturated carbocycles. The Morgan fingerprint density at radius 1 is 1.09 bits per heavy atom. The van der Waals surface area contributed by atoms with Crippen molar-refractivity contribution in [3.63, 3.8) is 0 Å². The Hall–Kier alpha value is -3.85. The van der Waals surface area contributed by atoms with Crippen LogP contribution in [-0.4, -0.2) is 44.2 Å². The Morgan fingerprint density at radius 3 is 2.51 bits per heavy atom. The minimum atomic E-state index is -4.72. The molecule has 0 saturated heterocycles. The number of hydrogen-bond donors (Lipinski definition) is 4. The van der Waals surface area contributed by atoms with Gasteiger partial charge in [0.25, 0.3) is 11.8 Å². The van der Waals surface area contributed by atoms with E-state index in [1.165, 1.54) is 12.3 Å². The standard InChI is InChI=1S/C19H16ClF3N8O3S/c1-8(30-16(33)11-3-14(29-7-28-11)26-6-13(24)32)18-27-5-12(35-18)17(34)31-15-2-9(19(21,22)23)10(20)4-25-15/h2-5,7-8H,6H2,1H3,(H2,24,32)(H,30,33)(H,25,31,34)(H,26,28,29)/t8-/m1/s1. The lowest BCUT2D eigenvalue weighted by Gasteiger charge is -2.11. The van der Waals surface area contributed by atoms with E-state index in [2.05, 4.69) is 35.9 Å². The van der Waals surface area contributed by atoms with Crippen LogP contribution in [0.15, 0.2) is 30.9 Å². The van der Waals surface area contributed by atoms with E-state index in [4.69, 9.17) is 17.3 Å². The molecule has 16 heteroatoms. The smallest absolute Gasteiger partial charge is 0.368 e. The van der Waals surface area contributed by atoms with Crippen LogP contribution >= 0.6 is 22.9 Å². The fourth-order valence-corrected chi connectivity index (χ4v) is 3.61. The Morgan fingerprint density at radius 2 is 1.83 bits per heavy atom. The van der Waals surface area contributed by atoms with Gasteiger partial charge in [-0.25, -0.2) is 19.9 Å². The van der Waals surface area contributed by atoms with E-state index in [1.807, 2.05) is 0 Å². The van der Waals surface area contributed by atoms with Gasteiger partial charge < -0.3 is 21.7 Å². The molecule has 0 fully saturated rings. The van der Waals surface area contributed by atoms with Gasteiger partial charge in [0.15, 0.2) is 0 Å². The predicted octanol–water partition coefficient (Wildman–Crippen LogP) is 2.64. The Bertz CT molecular complexity index is 1270. The van der Waals surface area contributed by atoms with Crippen molar-refractivity contribution in [2.24, 2.45) is 5.73 Å². The summed E-state index contributed by atoms with van der Waals surface area (Å²) in [6.07, 6.45) is -1.58. The summed E-state index contributed by atoms with van der Waals surface area (Å²) >= 11 is 6.45. The van der Waals surface area contributed by atoms with Crippen molar-refractivity contribution in [2.45, 2.75) is 19.1 Å². The van der Waals surface area contributed by atoms with Crippen molar-refractivity contribution < 1.29 is 27.6 Å². The molecule has 0 aliphatic carbocycles. The summed E-state index contributed by atoms with van der Waals surface area (Å²) in [7, 11) is 0. The van der Waals surface area contributed by atoms with Crippen molar-refractivity contribution in [3.8, 4) is 0 Å².